The lowest BCUT2D eigenvalue weighted by Gasteiger charge is -2.23. The Bertz CT molecular complexity index is 316. The zero-order valence-electron chi connectivity index (χ0n) is 9.58. The van der Waals surface area contributed by atoms with E-state index in [1.165, 1.54) is 0 Å². The van der Waals surface area contributed by atoms with Crippen LogP contribution in [0.3, 0.4) is 0 Å². The van der Waals surface area contributed by atoms with Gasteiger partial charge in [0.1, 0.15) is 0 Å². The molecule has 0 aliphatic carbocycles. The molecule has 1 heterocycles. The Morgan fingerprint density at radius 2 is 2.25 bits per heavy atom. The second-order valence-electron chi connectivity index (χ2n) is 3.94. The van der Waals surface area contributed by atoms with E-state index >= 15 is 0 Å². The molecule has 0 bridgehead atoms. The van der Waals surface area contributed by atoms with E-state index in [-0.39, 0.29) is 12.5 Å². The van der Waals surface area contributed by atoms with Gasteiger partial charge in [-0.15, -0.1) is 0 Å². The third-order valence-corrected chi connectivity index (χ3v) is 2.65. The highest BCUT2D eigenvalue weighted by Gasteiger charge is 2.43. The van der Waals surface area contributed by atoms with Gasteiger partial charge in [-0.05, 0) is 13.3 Å². The first-order chi connectivity index (χ1) is 7.52. The fourth-order valence-corrected chi connectivity index (χ4v) is 1.60. The molecule has 1 unspecified atom stereocenters. The molecule has 2 N–H and O–H groups in total. The fourth-order valence-electron chi connectivity index (χ4n) is 1.60. The summed E-state index contributed by atoms with van der Waals surface area (Å²) in [5.74, 6) is -1.38. The maximum atomic E-state index is 11.7. The van der Waals surface area contributed by atoms with Crippen molar-refractivity contribution in [2.45, 2.75) is 32.2 Å². The van der Waals surface area contributed by atoms with Gasteiger partial charge >= 0.3 is 5.97 Å². The Hall–Kier alpha value is -1.36. The molecule has 0 aromatic rings. The summed E-state index contributed by atoms with van der Waals surface area (Å²) in [6.07, 6.45) is 2.82. The molecule has 5 nitrogen and oxygen atoms in total. The number of carboxylic acid groups (broad SMARTS) is 1. The quantitative estimate of drug-likeness (QED) is 0.693. The van der Waals surface area contributed by atoms with E-state index in [4.69, 9.17) is 9.84 Å². The molecule has 0 aromatic carbocycles. The molecule has 1 atom stereocenters. The molecule has 1 amide bonds. The summed E-state index contributed by atoms with van der Waals surface area (Å²) in [5.41, 5.74) is -0.713. The monoisotopic (exact) mass is 227 g/mol. The van der Waals surface area contributed by atoms with Crippen molar-refractivity contribution in [3.63, 3.8) is 0 Å². The van der Waals surface area contributed by atoms with Crippen LogP contribution in [0.15, 0.2) is 11.6 Å². The van der Waals surface area contributed by atoms with Crippen LogP contribution in [0.1, 0.15) is 26.7 Å². The lowest BCUT2D eigenvalue weighted by Crippen LogP contribution is -2.55. The van der Waals surface area contributed by atoms with E-state index in [1.807, 2.05) is 6.92 Å². The molecule has 5 heteroatoms. The molecular weight excluding hydrogens is 210 g/mol. The minimum atomic E-state index is -1.25. The first-order valence-electron chi connectivity index (χ1n) is 5.32. The topological polar surface area (TPSA) is 75.6 Å². The highest BCUT2D eigenvalue weighted by Crippen LogP contribution is 2.19. The molecule has 0 aromatic heterocycles. The lowest BCUT2D eigenvalue weighted by atomic mass is 9.98. The van der Waals surface area contributed by atoms with Gasteiger partial charge in [-0.2, -0.15) is 0 Å². The summed E-state index contributed by atoms with van der Waals surface area (Å²) in [6, 6.07) is 0. The van der Waals surface area contributed by atoms with Gasteiger partial charge in [-0.1, -0.05) is 13.0 Å². The third kappa shape index (κ3) is 2.61. The summed E-state index contributed by atoms with van der Waals surface area (Å²) in [7, 11) is 0. The van der Waals surface area contributed by atoms with E-state index in [9.17, 15) is 9.59 Å². The number of hydrogen-bond donors (Lipinski definition) is 2. The number of ether oxygens (including phenoxy) is 1. The molecule has 90 valence electrons. The van der Waals surface area contributed by atoms with Gasteiger partial charge in [0, 0.05) is 18.6 Å². The summed E-state index contributed by atoms with van der Waals surface area (Å²) in [4.78, 5) is 22.8. The lowest BCUT2D eigenvalue weighted by molar-refractivity contribution is -0.147. The number of amides is 1. The average molecular weight is 227 g/mol. The van der Waals surface area contributed by atoms with Gasteiger partial charge in [0.15, 0.2) is 5.54 Å². The summed E-state index contributed by atoms with van der Waals surface area (Å²) in [5, 5.41) is 11.7. The van der Waals surface area contributed by atoms with Gasteiger partial charge in [0.25, 0.3) is 0 Å². The molecule has 0 spiro atoms. The van der Waals surface area contributed by atoms with E-state index in [0.29, 0.717) is 18.6 Å². The van der Waals surface area contributed by atoms with Crippen LogP contribution in [0.2, 0.25) is 0 Å². The van der Waals surface area contributed by atoms with E-state index in [1.54, 1.807) is 13.0 Å². The zero-order chi connectivity index (χ0) is 12.2. The van der Waals surface area contributed by atoms with E-state index in [0.717, 1.165) is 6.42 Å². The highest BCUT2D eigenvalue weighted by molar-refractivity contribution is 5.96. The Balaban J connectivity index is 2.74. The minimum absolute atomic E-state index is 0.0352. The van der Waals surface area contributed by atoms with Crippen LogP contribution < -0.4 is 5.32 Å². The molecule has 1 aliphatic rings. The van der Waals surface area contributed by atoms with Gasteiger partial charge < -0.3 is 15.2 Å². The van der Waals surface area contributed by atoms with E-state index in [2.05, 4.69) is 5.32 Å². The van der Waals surface area contributed by atoms with Crippen molar-refractivity contribution in [3.8, 4) is 0 Å². The van der Waals surface area contributed by atoms with Crippen molar-refractivity contribution in [2.24, 2.45) is 0 Å². The smallest absolute Gasteiger partial charge is 0.331 e. The Labute approximate surface area is 94.5 Å². The van der Waals surface area contributed by atoms with Crippen LogP contribution in [0, 0.1) is 0 Å². The van der Waals surface area contributed by atoms with Crippen molar-refractivity contribution in [1.29, 1.82) is 0 Å². The molecule has 0 saturated carbocycles. The van der Waals surface area contributed by atoms with Gasteiger partial charge in [-0.3, -0.25) is 4.79 Å². The maximum Gasteiger partial charge on any atom is 0.331 e. The Morgan fingerprint density at radius 1 is 1.56 bits per heavy atom. The summed E-state index contributed by atoms with van der Waals surface area (Å²) in [6.45, 7) is 3.99. The second-order valence-corrected chi connectivity index (χ2v) is 3.94. The molecule has 1 saturated heterocycles. The number of allylic oxidation sites excluding steroid dienone is 1. The van der Waals surface area contributed by atoms with Crippen LogP contribution >= 0.6 is 0 Å². The van der Waals surface area contributed by atoms with Crippen LogP contribution in [0.5, 0.6) is 0 Å². The number of rotatable bonds is 4. The zero-order valence-corrected chi connectivity index (χ0v) is 9.58. The molecule has 0 radical (unpaired) electrons. The van der Waals surface area contributed by atoms with Crippen LogP contribution in [-0.4, -0.2) is 35.7 Å². The number of carbonyl (C=O) groups is 2. The predicted octanol–water partition coefficient (Wildman–Crippen LogP) is 0.703. The van der Waals surface area contributed by atoms with E-state index < -0.39 is 11.5 Å². The first-order valence-corrected chi connectivity index (χ1v) is 5.32. The van der Waals surface area contributed by atoms with Crippen molar-refractivity contribution in [1.82, 2.24) is 5.32 Å². The number of carbonyl (C=O) groups excluding carboxylic acids is 1. The largest absolute Gasteiger partial charge is 0.479 e. The number of carboxylic acids is 1. The van der Waals surface area contributed by atoms with Gasteiger partial charge in [-0.25, -0.2) is 4.79 Å². The number of hydrogen-bond acceptors (Lipinski definition) is 3. The van der Waals surface area contributed by atoms with Crippen LogP contribution in [0.4, 0.5) is 0 Å². The maximum absolute atomic E-state index is 11.7. The molecule has 1 aliphatic heterocycles. The minimum Gasteiger partial charge on any atom is -0.479 e. The summed E-state index contributed by atoms with van der Waals surface area (Å²) >= 11 is 0. The highest BCUT2D eigenvalue weighted by atomic mass is 16.5. The fraction of sp³-hybridized carbons (Fsp3) is 0.636. The Kier molecular flexibility index (Phi) is 4.06. The van der Waals surface area contributed by atoms with Crippen molar-refractivity contribution >= 4 is 11.9 Å². The number of aliphatic carboxylic acids is 1. The standard InChI is InChI=1S/C11H17NO4/c1-3-4-8(2)9(13)12-11(10(14)15)5-6-16-7-11/h4H,3,5-7H2,1-2H3,(H,12,13)(H,14,15). The first kappa shape index (κ1) is 12.7. The van der Waals surface area contributed by atoms with Crippen molar-refractivity contribution in [3.05, 3.63) is 11.6 Å². The third-order valence-electron chi connectivity index (χ3n) is 2.65. The van der Waals surface area contributed by atoms with Gasteiger partial charge in [0.05, 0.1) is 6.61 Å². The van der Waals surface area contributed by atoms with Gasteiger partial charge in [0.2, 0.25) is 5.91 Å². The SMILES string of the molecule is CCC=C(C)C(=O)NC1(C(=O)O)CCOC1. The average Bonchev–Trinajstić information content (AvgIpc) is 2.68. The van der Waals surface area contributed by atoms with Crippen LogP contribution in [0.25, 0.3) is 0 Å². The normalized spacial score (nSPS) is 25.5. The van der Waals surface area contributed by atoms with Crippen molar-refractivity contribution < 1.29 is 19.4 Å². The summed E-state index contributed by atoms with van der Waals surface area (Å²) < 4.78 is 5.05. The number of nitrogens with one attached hydrogen (secondary N) is 1. The van der Waals surface area contributed by atoms with Crippen LogP contribution in [-0.2, 0) is 14.3 Å². The molecule has 1 rings (SSSR count). The Morgan fingerprint density at radius 3 is 2.69 bits per heavy atom. The molecule has 16 heavy (non-hydrogen) atoms. The molecule has 1 fully saturated rings. The molecular formula is C11H17NO4. The van der Waals surface area contributed by atoms with Crippen molar-refractivity contribution in [2.75, 3.05) is 13.2 Å². The second kappa shape index (κ2) is 5.12. The predicted molar refractivity (Wildman–Crippen MR) is 58.0 cm³/mol.